The van der Waals surface area contributed by atoms with E-state index in [4.69, 9.17) is 37.9 Å². The number of benzene rings is 5. The standard InChI is InChI=1S/C50H68NO8/c1-9-51(10-2,11-3)36-42-35-41(15-19-48(42)59-31-29-57-27-25-55-23-21-53-8)50-44-17-13-37(4)32-45(44)49(43-16-12-38(5)33-46(43)50)40-14-18-47(39(6)34-40)58-30-28-56-26-24-54-22-20-52-7/h12-19,32-35H,9-11,20-31,36H2,1-8H3/q+1. The highest BCUT2D eigenvalue weighted by atomic mass is 16.6. The number of rotatable bonds is 27. The number of methoxy groups -OCH3 is 2. The lowest BCUT2D eigenvalue weighted by molar-refractivity contribution is -0.936. The molecule has 0 atom stereocenters. The number of ether oxygens (including phenoxy) is 8. The summed E-state index contributed by atoms with van der Waals surface area (Å²) in [6, 6.07) is 27.1. The molecule has 0 aromatic heterocycles. The fraction of sp³-hybridized carbons (Fsp3) is 0.480. The number of hydrogen-bond acceptors (Lipinski definition) is 8. The van der Waals surface area contributed by atoms with Crippen LogP contribution in [0.25, 0.3) is 43.8 Å². The van der Waals surface area contributed by atoms with E-state index in [1.54, 1.807) is 14.2 Å². The van der Waals surface area contributed by atoms with E-state index in [0.29, 0.717) is 79.3 Å². The summed E-state index contributed by atoms with van der Waals surface area (Å²) in [5, 5.41) is 4.93. The van der Waals surface area contributed by atoms with Gasteiger partial charge in [-0.25, -0.2) is 0 Å². The molecular weight excluding hydrogens is 743 g/mol. The Balaban J connectivity index is 1.48. The van der Waals surface area contributed by atoms with Crippen molar-refractivity contribution in [1.29, 1.82) is 0 Å². The van der Waals surface area contributed by atoms with Crippen LogP contribution in [0, 0.1) is 20.8 Å². The Morgan fingerprint density at radius 3 is 1.31 bits per heavy atom. The van der Waals surface area contributed by atoms with Crippen LogP contribution in [0.1, 0.15) is 43.0 Å². The van der Waals surface area contributed by atoms with Crippen molar-refractivity contribution >= 4 is 21.5 Å². The summed E-state index contributed by atoms with van der Waals surface area (Å²) in [5.41, 5.74) is 9.59. The second-order valence-electron chi connectivity index (χ2n) is 15.2. The lowest BCUT2D eigenvalue weighted by Gasteiger charge is -2.36. The maximum atomic E-state index is 6.50. The summed E-state index contributed by atoms with van der Waals surface area (Å²) >= 11 is 0. The quantitative estimate of drug-likeness (QED) is 0.0295. The van der Waals surface area contributed by atoms with Crippen LogP contribution in [-0.4, -0.2) is 118 Å². The molecule has 0 N–H and O–H groups in total. The van der Waals surface area contributed by atoms with E-state index in [0.717, 1.165) is 47.7 Å². The summed E-state index contributed by atoms with van der Waals surface area (Å²) in [7, 11) is 3.34. The maximum absolute atomic E-state index is 6.50. The Labute approximate surface area is 353 Å². The van der Waals surface area contributed by atoms with Crippen molar-refractivity contribution in [2.24, 2.45) is 0 Å². The number of nitrogens with zero attached hydrogens (tertiary/aromatic N) is 1. The molecule has 0 aliphatic rings. The molecule has 0 aliphatic carbocycles. The second-order valence-corrected chi connectivity index (χ2v) is 15.2. The summed E-state index contributed by atoms with van der Waals surface area (Å²) in [5.74, 6) is 1.78. The van der Waals surface area contributed by atoms with Gasteiger partial charge in [0.15, 0.2) is 0 Å². The molecule has 9 nitrogen and oxygen atoms in total. The molecule has 5 aromatic rings. The first-order chi connectivity index (χ1) is 28.8. The van der Waals surface area contributed by atoms with Crippen LogP contribution in [0.15, 0.2) is 72.8 Å². The summed E-state index contributed by atoms with van der Waals surface area (Å²) in [6.45, 7) is 23.7. The van der Waals surface area contributed by atoms with Crippen molar-refractivity contribution in [3.05, 3.63) is 95.1 Å². The normalized spacial score (nSPS) is 11.9. The van der Waals surface area contributed by atoms with Gasteiger partial charge in [-0.3, -0.25) is 0 Å². The van der Waals surface area contributed by atoms with Crippen LogP contribution < -0.4 is 9.47 Å². The minimum absolute atomic E-state index is 0.468. The number of hydrogen-bond donors (Lipinski definition) is 0. The Morgan fingerprint density at radius 2 is 0.847 bits per heavy atom. The van der Waals surface area contributed by atoms with Gasteiger partial charge < -0.3 is 42.4 Å². The van der Waals surface area contributed by atoms with Crippen LogP contribution in [0.5, 0.6) is 11.5 Å². The van der Waals surface area contributed by atoms with Crippen molar-refractivity contribution in [1.82, 2.24) is 0 Å². The first-order valence-corrected chi connectivity index (χ1v) is 21.4. The van der Waals surface area contributed by atoms with Crippen LogP contribution in [-0.2, 0) is 35.0 Å². The molecule has 9 heteroatoms. The van der Waals surface area contributed by atoms with Gasteiger partial charge in [-0.05, 0) is 115 Å². The molecule has 320 valence electrons. The number of fused-ring (bicyclic) bond motifs is 2. The van der Waals surface area contributed by atoms with Gasteiger partial charge in [0.05, 0.1) is 85.7 Å². The predicted octanol–water partition coefficient (Wildman–Crippen LogP) is 9.75. The molecule has 0 saturated heterocycles. The second kappa shape index (κ2) is 23.7. The van der Waals surface area contributed by atoms with Crippen molar-refractivity contribution in [3.8, 4) is 33.8 Å². The van der Waals surface area contributed by atoms with Gasteiger partial charge in [0, 0.05) is 19.8 Å². The third-order valence-electron chi connectivity index (χ3n) is 11.3. The third-order valence-corrected chi connectivity index (χ3v) is 11.3. The van der Waals surface area contributed by atoms with Crippen molar-refractivity contribution in [3.63, 3.8) is 0 Å². The first-order valence-electron chi connectivity index (χ1n) is 21.4. The molecule has 0 heterocycles. The van der Waals surface area contributed by atoms with E-state index in [1.807, 2.05) is 0 Å². The molecular formula is C50H68NO8+. The fourth-order valence-corrected chi connectivity index (χ4v) is 7.76. The SMILES string of the molecule is CC[N+](CC)(CC)Cc1cc(-c2c3ccc(C)cc3c(-c3ccc(OCCOCCOCCOC)c(C)c3)c3ccc(C)cc23)ccc1OCCOCCOCCOC. The molecule has 0 aliphatic heterocycles. The van der Waals surface area contributed by atoms with E-state index >= 15 is 0 Å². The van der Waals surface area contributed by atoms with Gasteiger partial charge in [0.25, 0.3) is 0 Å². The van der Waals surface area contributed by atoms with Crippen LogP contribution in [0.3, 0.4) is 0 Å². The zero-order valence-corrected chi connectivity index (χ0v) is 37.0. The molecule has 5 aromatic carbocycles. The van der Waals surface area contributed by atoms with Gasteiger partial charge in [-0.15, -0.1) is 0 Å². The monoisotopic (exact) mass is 810 g/mol. The Bertz CT molecular complexity index is 2050. The summed E-state index contributed by atoms with van der Waals surface area (Å²) in [4.78, 5) is 0. The van der Waals surface area contributed by atoms with Gasteiger partial charge >= 0.3 is 0 Å². The zero-order chi connectivity index (χ0) is 42.0. The topological polar surface area (TPSA) is 73.8 Å². The highest BCUT2D eigenvalue weighted by Gasteiger charge is 2.25. The Hall–Kier alpha value is -4.06. The van der Waals surface area contributed by atoms with Crippen molar-refractivity contribution in [2.45, 2.75) is 48.1 Å². The highest BCUT2D eigenvalue weighted by Crippen LogP contribution is 2.45. The number of quaternary nitrogens is 1. The summed E-state index contributed by atoms with van der Waals surface area (Å²) < 4.78 is 46.3. The molecule has 0 amide bonds. The Morgan fingerprint density at radius 1 is 0.424 bits per heavy atom. The van der Waals surface area contributed by atoms with Crippen molar-refractivity contribution < 1.29 is 42.4 Å². The lowest BCUT2D eigenvalue weighted by atomic mass is 9.84. The molecule has 0 spiro atoms. The molecule has 0 bridgehead atoms. The minimum Gasteiger partial charge on any atom is -0.491 e. The van der Waals surface area contributed by atoms with E-state index in [9.17, 15) is 0 Å². The summed E-state index contributed by atoms with van der Waals surface area (Å²) in [6.07, 6.45) is 0. The van der Waals surface area contributed by atoms with E-state index < -0.39 is 0 Å². The van der Waals surface area contributed by atoms with E-state index in [2.05, 4.69) is 114 Å². The lowest BCUT2D eigenvalue weighted by Crippen LogP contribution is -2.46. The zero-order valence-electron chi connectivity index (χ0n) is 37.0. The van der Waals surface area contributed by atoms with Gasteiger partial charge in [0.2, 0.25) is 0 Å². The number of aryl methyl sites for hydroxylation is 3. The molecule has 0 fully saturated rings. The molecule has 0 radical (unpaired) electrons. The van der Waals surface area contributed by atoms with E-state index in [-0.39, 0.29) is 0 Å². The third kappa shape index (κ3) is 12.5. The molecule has 59 heavy (non-hydrogen) atoms. The smallest absolute Gasteiger partial charge is 0.128 e. The molecule has 5 rings (SSSR count). The van der Waals surface area contributed by atoms with Gasteiger partial charge in [-0.1, -0.05) is 59.7 Å². The first kappa shape index (κ1) is 46.0. The predicted molar refractivity (Wildman–Crippen MR) is 240 cm³/mol. The minimum atomic E-state index is 0.468. The fourth-order valence-electron chi connectivity index (χ4n) is 7.76. The van der Waals surface area contributed by atoms with Crippen LogP contribution >= 0.6 is 0 Å². The molecule has 0 unspecified atom stereocenters. The largest absolute Gasteiger partial charge is 0.491 e. The van der Waals surface area contributed by atoms with Crippen LogP contribution in [0.2, 0.25) is 0 Å². The average Bonchev–Trinajstić information content (AvgIpc) is 3.24. The van der Waals surface area contributed by atoms with E-state index in [1.165, 1.54) is 60.5 Å². The maximum Gasteiger partial charge on any atom is 0.128 e. The van der Waals surface area contributed by atoms with Crippen LogP contribution in [0.4, 0.5) is 0 Å². The molecule has 0 saturated carbocycles. The average molecular weight is 811 g/mol. The van der Waals surface area contributed by atoms with Gasteiger partial charge in [0.1, 0.15) is 31.3 Å². The van der Waals surface area contributed by atoms with Crippen molar-refractivity contribution in [2.75, 3.05) is 113 Å². The van der Waals surface area contributed by atoms with Gasteiger partial charge in [-0.2, -0.15) is 0 Å². The Kier molecular flexibility index (Phi) is 18.4. The highest BCUT2D eigenvalue weighted by molar-refractivity contribution is 6.21.